The minimum Gasteiger partial charge on any atom is -0.386 e. The molecule has 1 heterocycles. The number of halogens is 2. The van der Waals surface area contributed by atoms with Crippen molar-refractivity contribution >= 4 is 11.6 Å². The summed E-state index contributed by atoms with van der Waals surface area (Å²) in [7, 11) is 0. The molecule has 2 aromatic rings. The number of hydrogen-bond acceptors (Lipinski definition) is 2. The molecule has 3 nitrogen and oxygen atoms in total. The van der Waals surface area contributed by atoms with E-state index in [1.54, 1.807) is 16.8 Å². The molecule has 0 radical (unpaired) electrons. The van der Waals surface area contributed by atoms with Crippen LogP contribution in [0.4, 0.5) is 4.39 Å². The summed E-state index contributed by atoms with van der Waals surface area (Å²) < 4.78 is 14.9. The fraction of sp³-hybridized carbons (Fsp3) is 0.400. The van der Waals surface area contributed by atoms with Gasteiger partial charge in [0.25, 0.3) is 0 Å². The van der Waals surface area contributed by atoms with Crippen molar-refractivity contribution in [3.63, 3.8) is 0 Å². The summed E-state index contributed by atoms with van der Waals surface area (Å²) >= 11 is 5.75. The molecule has 0 bridgehead atoms. The van der Waals surface area contributed by atoms with E-state index in [2.05, 4.69) is 5.10 Å². The highest BCUT2D eigenvalue weighted by molar-refractivity contribution is 6.30. The van der Waals surface area contributed by atoms with Crippen LogP contribution in [0, 0.1) is 5.82 Å². The van der Waals surface area contributed by atoms with E-state index in [9.17, 15) is 9.50 Å². The number of rotatable bonds is 5. The predicted molar refractivity (Wildman–Crippen MR) is 77.4 cm³/mol. The lowest BCUT2D eigenvalue weighted by molar-refractivity contribution is 0.167. The van der Waals surface area contributed by atoms with Crippen molar-refractivity contribution in [3.05, 3.63) is 52.1 Å². The third-order valence-electron chi connectivity index (χ3n) is 3.28. The Morgan fingerprint density at radius 1 is 1.35 bits per heavy atom. The zero-order valence-electron chi connectivity index (χ0n) is 11.6. The lowest BCUT2D eigenvalue weighted by Crippen LogP contribution is -2.10. The second-order valence-corrected chi connectivity index (χ2v) is 5.11. The molecule has 0 aliphatic rings. The predicted octanol–water partition coefficient (Wildman–Crippen LogP) is 3.53. The van der Waals surface area contributed by atoms with Gasteiger partial charge in [-0.15, -0.1) is 0 Å². The summed E-state index contributed by atoms with van der Waals surface area (Å²) in [6.07, 6.45) is 0.536. The fourth-order valence-corrected chi connectivity index (χ4v) is 2.38. The van der Waals surface area contributed by atoms with Crippen LogP contribution in [0.3, 0.4) is 0 Å². The Morgan fingerprint density at radius 3 is 2.70 bits per heavy atom. The van der Waals surface area contributed by atoms with Crippen molar-refractivity contribution in [2.75, 3.05) is 0 Å². The third-order valence-corrected chi connectivity index (χ3v) is 3.57. The van der Waals surface area contributed by atoms with Crippen LogP contribution in [-0.4, -0.2) is 14.9 Å². The minimum atomic E-state index is -0.677. The lowest BCUT2D eigenvalue weighted by Gasteiger charge is -2.12. The van der Waals surface area contributed by atoms with Gasteiger partial charge in [0.1, 0.15) is 5.82 Å². The number of benzene rings is 1. The summed E-state index contributed by atoms with van der Waals surface area (Å²) in [5.41, 5.74) is 2.54. The molecule has 1 aromatic heterocycles. The highest BCUT2D eigenvalue weighted by Gasteiger charge is 2.16. The van der Waals surface area contributed by atoms with Gasteiger partial charge in [0.2, 0.25) is 0 Å². The summed E-state index contributed by atoms with van der Waals surface area (Å²) in [5.74, 6) is -0.447. The average molecular weight is 297 g/mol. The highest BCUT2D eigenvalue weighted by Crippen LogP contribution is 2.23. The smallest absolute Gasteiger partial charge is 0.141 e. The molecule has 1 atom stereocenters. The van der Waals surface area contributed by atoms with E-state index in [0.29, 0.717) is 13.0 Å². The van der Waals surface area contributed by atoms with Gasteiger partial charge in [-0.25, -0.2) is 4.39 Å². The Bertz CT molecular complexity index is 598. The second-order valence-electron chi connectivity index (χ2n) is 4.70. The van der Waals surface area contributed by atoms with Crippen molar-refractivity contribution in [3.8, 4) is 0 Å². The summed E-state index contributed by atoms with van der Waals surface area (Å²) in [6.45, 7) is 4.71. The standard InChI is InChI=1S/C15H18ClFN2O/c1-3-11-9-14(19(4-2)18-11)15(20)8-10-5-6-13(17)12(16)7-10/h5-7,9,15,20H,3-4,8H2,1-2H3. The van der Waals surface area contributed by atoms with E-state index in [-0.39, 0.29) is 5.02 Å². The van der Waals surface area contributed by atoms with Crippen molar-refractivity contribution in [1.82, 2.24) is 9.78 Å². The minimum absolute atomic E-state index is 0.0768. The molecule has 0 saturated heterocycles. The largest absolute Gasteiger partial charge is 0.386 e. The summed E-state index contributed by atoms with van der Waals surface area (Å²) in [6, 6.07) is 6.42. The maximum Gasteiger partial charge on any atom is 0.141 e. The number of nitrogens with zero attached hydrogens (tertiary/aromatic N) is 2. The van der Waals surface area contributed by atoms with Gasteiger partial charge in [-0.3, -0.25) is 4.68 Å². The van der Waals surface area contributed by atoms with Gasteiger partial charge in [0.05, 0.1) is 22.5 Å². The van der Waals surface area contributed by atoms with Gasteiger partial charge in [-0.2, -0.15) is 5.10 Å². The van der Waals surface area contributed by atoms with Crippen LogP contribution < -0.4 is 0 Å². The topological polar surface area (TPSA) is 38.0 Å². The number of aliphatic hydroxyl groups is 1. The van der Waals surface area contributed by atoms with Gasteiger partial charge in [0.15, 0.2) is 0 Å². The van der Waals surface area contributed by atoms with Gasteiger partial charge < -0.3 is 5.11 Å². The molecule has 1 unspecified atom stereocenters. The van der Waals surface area contributed by atoms with E-state index in [1.165, 1.54) is 6.07 Å². The Labute approximate surface area is 123 Å². The Kier molecular flexibility index (Phi) is 4.78. The first-order valence-corrected chi connectivity index (χ1v) is 7.11. The van der Waals surface area contributed by atoms with Gasteiger partial charge >= 0.3 is 0 Å². The molecule has 20 heavy (non-hydrogen) atoms. The SMILES string of the molecule is CCc1cc(C(O)Cc2ccc(F)c(Cl)c2)n(CC)n1. The Balaban J connectivity index is 2.20. The van der Waals surface area contributed by atoms with Crippen LogP contribution in [0.2, 0.25) is 5.02 Å². The Morgan fingerprint density at radius 2 is 2.10 bits per heavy atom. The van der Waals surface area contributed by atoms with Crippen molar-refractivity contribution < 1.29 is 9.50 Å². The molecule has 0 aliphatic carbocycles. The monoisotopic (exact) mass is 296 g/mol. The molecular weight excluding hydrogens is 279 g/mol. The van der Waals surface area contributed by atoms with Crippen LogP contribution >= 0.6 is 11.6 Å². The van der Waals surface area contributed by atoms with E-state index in [4.69, 9.17) is 11.6 Å². The maximum atomic E-state index is 13.1. The molecule has 0 saturated carbocycles. The first kappa shape index (κ1) is 15.0. The summed E-state index contributed by atoms with van der Waals surface area (Å²) in [4.78, 5) is 0. The van der Waals surface area contributed by atoms with Crippen LogP contribution in [0.25, 0.3) is 0 Å². The molecule has 1 N–H and O–H groups in total. The molecule has 1 aromatic carbocycles. The lowest BCUT2D eigenvalue weighted by atomic mass is 10.1. The number of aryl methyl sites for hydroxylation is 2. The molecule has 2 rings (SSSR count). The van der Waals surface area contributed by atoms with Crippen LogP contribution in [0.15, 0.2) is 24.3 Å². The Hall–Kier alpha value is -1.39. The quantitative estimate of drug-likeness (QED) is 0.916. The molecular formula is C15H18ClFN2O. The highest BCUT2D eigenvalue weighted by atomic mass is 35.5. The molecule has 0 amide bonds. The maximum absolute atomic E-state index is 13.1. The van der Waals surface area contributed by atoms with E-state index < -0.39 is 11.9 Å². The number of aromatic nitrogens is 2. The van der Waals surface area contributed by atoms with Crippen LogP contribution in [0.5, 0.6) is 0 Å². The summed E-state index contributed by atoms with van der Waals surface area (Å²) in [5, 5.41) is 14.8. The first-order chi connectivity index (χ1) is 9.55. The van der Waals surface area contributed by atoms with Crippen molar-refractivity contribution in [2.45, 2.75) is 39.3 Å². The van der Waals surface area contributed by atoms with Gasteiger partial charge in [-0.05, 0) is 37.1 Å². The third kappa shape index (κ3) is 3.19. The van der Waals surface area contributed by atoms with Crippen molar-refractivity contribution in [1.29, 1.82) is 0 Å². The number of hydrogen-bond donors (Lipinski definition) is 1. The second kappa shape index (κ2) is 6.37. The number of aliphatic hydroxyl groups excluding tert-OH is 1. The molecule has 5 heteroatoms. The molecule has 0 aliphatic heterocycles. The van der Waals surface area contributed by atoms with E-state index >= 15 is 0 Å². The van der Waals surface area contributed by atoms with Crippen molar-refractivity contribution in [2.24, 2.45) is 0 Å². The first-order valence-electron chi connectivity index (χ1n) is 6.73. The van der Waals surface area contributed by atoms with Crippen LogP contribution in [-0.2, 0) is 19.4 Å². The van der Waals surface area contributed by atoms with E-state index in [0.717, 1.165) is 23.4 Å². The average Bonchev–Trinajstić information content (AvgIpc) is 2.86. The molecule has 108 valence electrons. The van der Waals surface area contributed by atoms with E-state index in [1.807, 2.05) is 19.9 Å². The fourth-order valence-electron chi connectivity index (χ4n) is 2.18. The van der Waals surface area contributed by atoms with Gasteiger partial charge in [-0.1, -0.05) is 24.6 Å². The molecule has 0 fully saturated rings. The van der Waals surface area contributed by atoms with Gasteiger partial charge in [0, 0.05) is 13.0 Å². The van der Waals surface area contributed by atoms with Crippen LogP contribution in [0.1, 0.15) is 36.9 Å². The molecule has 0 spiro atoms. The zero-order chi connectivity index (χ0) is 14.7. The normalized spacial score (nSPS) is 12.7. The zero-order valence-corrected chi connectivity index (χ0v) is 12.4.